The van der Waals surface area contributed by atoms with Crippen LogP contribution in [0.25, 0.3) is 0 Å². The molecule has 1 aliphatic carbocycles. The Morgan fingerprint density at radius 3 is 2.44 bits per heavy atom. The van der Waals surface area contributed by atoms with E-state index in [1.54, 1.807) is 0 Å². The van der Waals surface area contributed by atoms with E-state index in [2.05, 4.69) is 6.92 Å². The minimum Gasteiger partial charge on any atom is -0.462 e. The van der Waals surface area contributed by atoms with Crippen molar-refractivity contribution in [2.45, 2.75) is 31.8 Å². The molecule has 1 rings (SSSR count). The summed E-state index contributed by atoms with van der Waals surface area (Å²) in [6.07, 6.45) is 4.62. The van der Waals surface area contributed by atoms with Crippen molar-refractivity contribution >= 4 is 5.97 Å². The molecule has 0 bridgehead atoms. The van der Waals surface area contributed by atoms with E-state index in [4.69, 9.17) is 4.74 Å². The number of rotatable bonds is 1. The Balaban J connectivity index is 2.19. The van der Waals surface area contributed by atoms with Crippen molar-refractivity contribution < 1.29 is 9.53 Å². The molecular formula is C7H11O2. The van der Waals surface area contributed by atoms with Crippen LogP contribution < -0.4 is 0 Å². The van der Waals surface area contributed by atoms with Crippen molar-refractivity contribution in [3.63, 3.8) is 0 Å². The van der Waals surface area contributed by atoms with Gasteiger partial charge >= 0.3 is 5.97 Å². The zero-order valence-electron chi connectivity index (χ0n) is 5.43. The molecule has 1 aliphatic rings. The molecule has 2 heteroatoms. The predicted octanol–water partition coefficient (Wildman–Crippen LogP) is 1.31. The van der Waals surface area contributed by atoms with E-state index in [9.17, 15) is 4.79 Å². The quantitative estimate of drug-likeness (QED) is 0.496. The largest absolute Gasteiger partial charge is 0.462 e. The maximum atomic E-state index is 10.3. The van der Waals surface area contributed by atoms with E-state index in [-0.39, 0.29) is 12.1 Å². The van der Waals surface area contributed by atoms with E-state index >= 15 is 0 Å². The van der Waals surface area contributed by atoms with Gasteiger partial charge in [-0.1, -0.05) is 0 Å². The molecule has 0 saturated heterocycles. The molecule has 0 aromatic heterocycles. The normalized spacial score (nSPS) is 20.1. The topological polar surface area (TPSA) is 26.3 Å². The summed E-state index contributed by atoms with van der Waals surface area (Å²) in [7, 11) is 0. The fraction of sp³-hybridized carbons (Fsp3) is 0.714. The van der Waals surface area contributed by atoms with Crippen molar-refractivity contribution in [2.75, 3.05) is 0 Å². The maximum absolute atomic E-state index is 10.3. The highest BCUT2D eigenvalue weighted by atomic mass is 16.5. The molecule has 1 radical (unpaired) electrons. The Labute approximate surface area is 55.2 Å². The van der Waals surface area contributed by atoms with Crippen LogP contribution in [0.2, 0.25) is 0 Å². The lowest BCUT2D eigenvalue weighted by atomic mass is 10.3. The van der Waals surface area contributed by atoms with Crippen LogP contribution in [0.4, 0.5) is 0 Å². The van der Waals surface area contributed by atoms with Gasteiger partial charge in [0.25, 0.3) is 0 Å². The van der Waals surface area contributed by atoms with Gasteiger partial charge in [-0.25, -0.2) is 0 Å². The van der Waals surface area contributed by atoms with Crippen LogP contribution in [0, 0.1) is 6.92 Å². The highest BCUT2D eigenvalue weighted by molar-refractivity contribution is 5.73. The molecule has 0 spiro atoms. The Kier molecular flexibility index (Phi) is 2.09. The zero-order valence-corrected chi connectivity index (χ0v) is 5.43. The zero-order chi connectivity index (χ0) is 6.69. The third kappa shape index (κ3) is 2.04. The van der Waals surface area contributed by atoms with Crippen LogP contribution >= 0.6 is 0 Å². The number of hydrogen-bond acceptors (Lipinski definition) is 2. The molecule has 0 aromatic rings. The van der Waals surface area contributed by atoms with Crippen LogP contribution in [0.15, 0.2) is 0 Å². The molecule has 0 unspecified atom stereocenters. The van der Waals surface area contributed by atoms with E-state index in [1.165, 1.54) is 12.8 Å². The molecular weight excluding hydrogens is 116 g/mol. The number of hydrogen-bond donors (Lipinski definition) is 0. The molecule has 2 nitrogen and oxygen atoms in total. The lowest BCUT2D eigenvalue weighted by molar-refractivity contribution is -0.142. The smallest absolute Gasteiger partial charge is 0.306 e. The summed E-state index contributed by atoms with van der Waals surface area (Å²) in [6, 6.07) is 0. The van der Waals surface area contributed by atoms with Gasteiger partial charge in [-0.3, -0.25) is 4.79 Å². The molecule has 0 heterocycles. The SMILES string of the molecule is [CH2]C(=O)OC1CCCC1. The molecule has 0 N–H and O–H groups in total. The summed E-state index contributed by atoms with van der Waals surface area (Å²) in [6.45, 7) is 3.14. The lowest BCUT2D eigenvalue weighted by Gasteiger charge is -2.07. The average molecular weight is 127 g/mol. The monoisotopic (exact) mass is 127 g/mol. The first-order valence-electron chi connectivity index (χ1n) is 3.31. The molecule has 1 fully saturated rings. The molecule has 1 saturated carbocycles. The van der Waals surface area contributed by atoms with Gasteiger partial charge in [0.15, 0.2) is 0 Å². The Bertz CT molecular complexity index is 103. The first-order chi connectivity index (χ1) is 4.29. The highest BCUT2D eigenvalue weighted by Gasteiger charge is 2.16. The van der Waals surface area contributed by atoms with Gasteiger partial charge in [0, 0.05) is 0 Å². The molecule has 51 valence electrons. The Hall–Kier alpha value is -0.530. The van der Waals surface area contributed by atoms with Crippen molar-refractivity contribution in [3.8, 4) is 0 Å². The minimum absolute atomic E-state index is 0.176. The summed E-state index contributed by atoms with van der Waals surface area (Å²) >= 11 is 0. The third-order valence-electron chi connectivity index (χ3n) is 1.60. The second kappa shape index (κ2) is 2.85. The second-order valence-electron chi connectivity index (χ2n) is 2.40. The predicted molar refractivity (Wildman–Crippen MR) is 33.7 cm³/mol. The molecule has 0 amide bonds. The molecule has 0 aliphatic heterocycles. The molecule has 0 aromatic carbocycles. The van der Waals surface area contributed by atoms with Gasteiger partial charge in [0.05, 0.1) is 6.92 Å². The van der Waals surface area contributed by atoms with Crippen LogP contribution in [-0.2, 0) is 9.53 Å². The maximum Gasteiger partial charge on any atom is 0.306 e. The Morgan fingerprint density at radius 1 is 1.44 bits per heavy atom. The standard InChI is InChI=1S/C7H11O2/c1-6(8)9-7-4-2-3-5-7/h7H,1-5H2. The van der Waals surface area contributed by atoms with Gasteiger partial charge in [0.2, 0.25) is 0 Å². The number of esters is 1. The Morgan fingerprint density at radius 2 is 2.00 bits per heavy atom. The second-order valence-corrected chi connectivity index (χ2v) is 2.40. The number of carbonyl (C=O) groups excluding carboxylic acids is 1. The van der Waals surface area contributed by atoms with E-state index < -0.39 is 0 Å². The van der Waals surface area contributed by atoms with Gasteiger partial charge in [-0.05, 0) is 25.7 Å². The number of carbonyl (C=O) groups is 1. The minimum atomic E-state index is -0.387. The van der Waals surface area contributed by atoms with Crippen LogP contribution in [0.3, 0.4) is 0 Å². The first kappa shape index (κ1) is 6.59. The van der Waals surface area contributed by atoms with Crippen LogP contribution in [-0.4, -0.2) is 12.1 Å². The average Bonchev–Trinajstić information content (AvgIpc) is 2.15. The summed E-state index contributed by atoms with van der Waals surface area (Å²) in [5, 5.41) is 0. The van der Waals surface area contributed by atoms with Crippen molar-refractivity contribution in [1.82, 2.24) is 0 Å². The first-order valence-corrected chi connectivity index (χ1v) is 3.31. The van der Waals surface area contributed by atoms with Crippen molar-refractivity contribution in [3.05, 3.63) is 6.92 Å². The summed E-state index contributed by atoms with van der Waals surface area (Å²) in [4.78, 5) is 10.3. The number of ether oxygens (including phenoxy) is 1. The van der Waals surface area contributed by atoms with E-state index in [0.717, 1.165) is 12.8 Å². The van der Waals surface area contributed by atoms with Gasteiger partial charge in [0.1, 0.15) is 6.10 Å². The summed E-state index contributed by atoms with van der Waals surface area (Å²) in [5.41, 5.74) is 0. The fourth-order valence-corrected chi connectivity index (χ4v) is 1.19. The fourth-order valence-electron chi connectivity index (χ4n) is 1.19. The van der Waals surface area contributed by atoms with Crippen molar-refractivity contribution in [1.29, 1.82) is 0 Å². The lowest BCUT2D eigenvalue weighted by Crippen LogP contribution is -2.11. The van der Waals surface area contributed by atoms with Crippen molar-refractivity contribution in [2.24, 2.45) is 0 Å². The van der Waals surface area contributed by atoms with Gasteiger partial charge in [-0.2, -0.15) is 0 Å². The van der Waals surface area contributed by atoms with Crippen LogP contribution in [0.1, 0.15) is 25.7 Å². The molecule has 9 heavy (non-hydrogen) atoms. The van der Waals surface area contributed by atoms with Crippen LogP contribution in [0.5, 0.6) is 0 Å². The third-order valence-corrected chi connectivity index (χ3v) is 1.60. The van der Waals surface area contributed by atoms with Gasteiger partial charge in [-0.15, -0.1) is 0 Å². The molecule has 0 atom stereocenters. The summed E-state index contributed by atoms with van der Waals surface area (Å²) < 4.78 is 4.86. The van der Waals surface area contributed by atoms with Gasteiger partial charge < -0.3 is 4.74 Å². The highest BCUT2D eigenvalue weighted by Crippen LogP contribution is 2.20. The van der Waals surface area contributed by atoms with E-state index in [0.29, 0.717) is 0 Å². The summed E-state index contributed by atoms with van der Waals surface area (Å²) in [5.74, 6) is -0.387. The van der Waals surface area contributed by atoms with E-state index in [1.807, 2.05) is 0 Å².